The number of carbonyl (C=O) groups is 2. The highest BCUT2D eigenvalue weighted by molar-refractivity contribution is 7.99. The van der Waals surface area contributed by atoms with Crippen molar-refractivity contribution in [1.82, 2.24) is 24.6 Å². The zero-order chi connectivity index (χ0) is 30.2. The minimum Gasteiger partial charge on any atom is -0.497 e. The first-order valence-corrected chi connectivity index (χ1v) is 15.8. The van der Waals surface area contributed by atoms with E-state index in [1.54, 1.807) is 18.9 Å². The van der Waals surface area contributed by atoms with E-state index in [9.17, 15) is 9.59 Å². The van der Waals surface area contributed by atoms with Gasteiger partial charge in [0.25, 0.3) is 5.91 Å². The van der Waals surface area contributed by atoms with Gasteiger partial charge < -0.3 is 14.5 Å². The molecule has 1 aromatic heterocycles. The van der Waals surface area contributed by atoms with E-state index in [1.165, 1.54) is 5.56 Å². The van der Waals surface area contributed by atoms with Crippen LogP contribution in [0.25, 0.3) is 5.69 Å². The van der Waals surface area contributed by atoms with Gasteiger partial charge in [0.05, 0.1) is 7.11 Å². The highest BCUT2D eigenvalue weighted by Crippen LogP contribution is 2.26. The number of aryl methyl sites for hydroxylation is 1. The summed E-state index contributed by atoms with van der Waals surface area (Å²) in [5.41, 5.74) is 3.88. The lowest BCUT2D eigenvalue weighted by Gasteiger charge is -2.40. The van der Waals surface area contributed by atoms with Crippen molar-refractivity contribution in [2.45, 2.75) is 50.7 Å². The van der Waals surface area contributed by atoms with E-state index < -0.39 is 0 Å². The first-order chi connectivity index (χ1) is 20.9. The smallest absolute Gasteiger partial charge is 0.254 e. The van der Waals surface area contributed by atoms with Crippen LogP contribution in [0.2, 0.25) is 0 Å². The highest BCUT2D eigenvalue weighted by atomic mass is 32.2. The maximum absolute atomic E-state index is 13.1. The fourth-order valence-electron chi connectivity index (χ4n) is 5.43. The third kappa shape index (κ3) is 7.46. The monoisotopic (exact) mass is 597 g/mol. The zero-order valence-electron chi connectivity index (χ0n) is 25.1. The number of hydrogen-bond donors (Lipinski definition) is 0. The third-order valence-corrected chi connectivity index (χ3v) is 8.88. The number of thioether (sulfide) groups is 1. The SMILES string of the molecule is COc1ccc(-n2c(Cc3ccccc3)nnc2SCCCCC(=O)N2CCN(C(=O)c3ccccc3C)C(C)C2)cc1. The number of ether oxygens (including phenoxy) is 1. The van der Waals surface area contributed by atoms with Crippen molar-refractivity contribution in [3.63, 3.8) is 0 Å². The van der Waals surface area contributed by atoms with Crippen molar-refractivity contribution in [2.75, 3.05) is 32.5 Å². The summed E-state index contributed by atoms with van der Waals surface area (Å²) in [7, 11) is 1.66. The standard InChI is InChI=1S/C34H39N5O3S/c1-25-11-7-8-14-30(25)33(41)38-21-20-37(24-26(38)2)32(40)15-9-10-22-43-34-36-35-31(23-27-12-5-4-6-13-27)39(34)28-16-18-29(42-3)19-17-28/h4-8,11-14,16-19,26H,9-10,15,20-24H2,1-3H3. The normalized spacial score (nSPS) is 15.0. The second-order valence-electron chi connectivity index (χ2n) is 10.9. The second kappa shape index (κ2) is 14.4. The van der Waals surface area contributed by atoms with Crippen molar-refractivity contribution < 1.29 is 14.3 Å². The molecule has 5 rings (SSSR count). The van der Waals surface area contributed by atoms with Crippen LogP contribution in [0.3, 0.4) is 0 Å². The van der Waals surface area contributed by atoms with Gasteiger partial charge in [-0.2, -0.15) is 0 Å². The molecule has 4 aromatic rings. The van der Waals surface area contributed by atoms with Crippen molar-refractivity contribution in [1.29, 1.82) is 0 Å². The van der Waals surface area contributed by atoms with Crippen LogP contribution in [-0.2, 0) is 11.2 Å². The van der Waals surface area contributed by atoms with E-state index in [-0.39, 0.29) is 17.9 Å². The second-order valence-corrected chi connectivity index (χ2v) is 12.0. The lowest BCUT2D eigenvalue weighted by atomic mass is 10.1. The Hall–Kier alpha value is -4.11. The van der Waals surface area contributed by atoms with Gasteiger partial charge in [0, 0.05) is 55.5 Å². The Morgan fingerprint density at radius 1 is 0.930 bits per heavy atom. The molecular weight excluding hydrogens is 558 g/mol. The number of amides is 2. The summed E-state index contributed by atoms with van der Waals surface area (Å²) in [4.78, 5) is 29.9. The van der Waals surface area contributed by atoms with Gasteiger partial charge in [-0.3, -0.25) is 14.2 Å². The molecule has 224 valence electrons. The summed E-state index contributed by atoms with van der Waals surface area (Å²) in [6.07, 6.45) is 2.87. The Labute approximate surface area is 258 Å². The third-order valence-electron chi connectivity index (χ3n) is 7.87. The molecule has 3 aromatic carbocycles. The van der Waals surface area contributed by atoms with Crippen LogP contribution in [0.15, 0.2) is 84.0 Å². The van der Waals surface area contributed by atoms with Crippen LogP contribution in [0.5, 0.6) is 5.75 Å². The first-order valence-electron chi connectivity index (χ1n) is 14.8. The quantitative estimate of drug-likeness (QED) is 0.160. The summed E-state index contributed by atoms with van der Waals surface area (Å²) in [5, 5.41) is 9.91. The minimum absolute atomic E-state index is 0.0187. The van der Waals surface area contributed by atoms with E-state index in [2.05, 4.69) is 26.9 Å². The number of methoxy groups -OCH3 is 1. The molecule has 2 amide bonds. The molecule has 1 aliphatic rings. The fraction of sp³-hybridized carbons (Fsp3) is 0.353. The van der Waals surface area contributed by atoms with Crippen LogP contribution >= 0.6 is 11.8 Å². The van der Waals surface area contributed by atoms with Crippen LogP contribution in [0.1, 0.15) is 53.5 Å². The highest BCUT2D eigenvalue weighted by Gasteiger charge is 2.30. The van der Waals surface area contributed by atoms with Crippen LogP contribution in [-0.4, -0.2) is 74.9 Å². The molecule has 9 heteroatoms. The molecule has 0 saturated carbocycles. The van der Waals surface area contributed by atoms with Gasteiger partial charge in [0.15, 0.2) is 5.16 Å². The molecule has 0 N–H and O–H groups in total. The molecule has 8 nitrogen and oxygen atoms in total. The fourth-order valence-corrected chi connectivity index (χ4v) is 6.40. The van der Waals surface area contributed by atoms with Gasteiger partial charge >= 0.3 is 0 Å². The molecule has 0 aliphatic carbocycles. The van der Waals surface area contributed by atoms with Crippen molar-refractivity contribution in [3.05, 3.63) is 101 Å². The van der Waals surface area contributed by atoms with Crippen LogP contribution in [0.4, 0.5) is 0 Å². The van der Waals surface area contributed by atoms with Gasteiger partial charge in [0.1, 0.15) is 11.6 Å². The number of hydrogen-bond acceptors (Lipinski definition) is 6. The van der Waals surface area contributed by atoms with Crippen molar-refractivity contribution in [3.8, 4) is 11.4 Å². The lowest BCUT2D eigenvalue weighted by Crippen LogP contribution is -2.55. The number of nitrogens with zero attached hydrogens (tertiary/aromatic N) is 5. The molecule has 1 saturated heterocycles. The van der Waals surface area contributed by atoms with E-state index in [1.807, 2.05) is 90.4 Å². The Morgan fingerprint density at radius 3 is 2.40 bits per heavy atom. The topological polar surface area (TPSA) is 80.6 Å². The summed E-state index contributed by atoms with van der Waals surface area (Å²) in [5.74, 6) is 2.72. The average Bonchev–Trinajstić information content (AvgIpc) is 3.43. The molecule has 1 fully saturated rings. The Kier molecular flexibility index (Phi) is 10.1. The van der Waals surface area contributed by atoms with Crippen molar-refractivity contribution >= 4 is 23.6 Å². The Balaban J connectivity index is 1.13. The number of benzene rings is 3. The summed E-state index contributed by atoms with van der Waals surface area (Å²) in [6, 6.07) is 25.9. The molecule has 43 heavy (non-hydrogen) atoms. The Morgan fingerprint density at radius 2 is 1.67 bits per heavy atom. The van der Waals surface area contributed by atoms with E-state index in [0.29, 0.717) is 32.5 Å². The van der Waals surface area contributed by atoms with Gasteiger partial charge in [-0.1, -0.05) is 60.3 Å². The number of unbranched alkanes of at least 4 members (excludes halogenated alkanes) is 1. The molecule has 1 atom stereocenters. The van der Waals surface area contributed by atoms with E-state index in [0.717, 1.165) is 52.1 Å². The molecule has 2 heterocycles. The van der Waals surface area contributed by atoms with E-state index in [4.69, 9.17) is 4.74 Å². The predicted molar refractivity (Wildman–Crippen MR) is 170 cm³/mol. The minimum atomic E-state index is -0.0187. The summed E-state index contributed by atoms with van der Waals surface area (Å²) in [6.45, 7) is 5.69. The summed E-state index contributed by atoms with van der Waals surface area (Å²) >= 11 is 1.66. The molecule has 0 spiro atoms. The number of aromatic nitrogens is 3. The largest absolute Gasteiger partial charge is 0.497 e. The zero-order valence-corrected chi connectivity index (χ0v) is 25.9. The molecule has 0 bridgehead atoms. The average molecular weight is 598 g/mol. The molecule has 1 aliphatic heterocycles. The van der Waals surface area contributed by atoms with Gasteiger partial charge in [-0.25, -0.2) is 0 Å². The van der Waals surface area contributed by atoms with Crippen molar-refractivity contribution in [2.24, 2.45) is 0 Å². The first kappa shape index (κ1) is 30.4. The molecule has 1 unspecified atom stereocenters. The number of carbonyl (C=O) groups excluding carboxylic acids is 2. The van der Waals surface area contributed by atoms with Gasteiger partial charge in [0.2, 0.25) is 5.91 Å². The van der Waals surface area contributed by atoms with E-state index >= 15 is 0 Å². The maximum atomic E-state index is 13.1. The lowest BCUT2D eigenvalue weighted by molar-refractivity contribution is -0.133. The maximum Gasteiger partial charge on any atom is 0.254 e. The van der Waals surface area contributed by atoms with Gasteiger partial charge in [-0.15, -0.1) is 10.2 Å². The Bertz CT molecular complexity index is 1520. The number of rotatable bonds is 11. The molecule has 0 radical (unpaired) electrons. The predicted octanol–water partition coefficient (Wildman–Crippen LogP) is 5.81. The summed E-state index contributed by atoms with van der Waals surface area (Å²) < 4.78 is 7.46. The number of piperazine rings is 1. The van der Waals surface area contributed by atoms with Gasteiger partial charge in [-0.05, 0) is 68.1 Å². The van der Waals surface area contributed by atoms with Crippen LogP contribution in [0, 0.1) is 6.92 Å². The van der Waals surface area contributed by atoms with Crippen LogP contribution < -0.4 is 4.74 Å². The molecular formula is C34H39N5O3S.